The standard InChI is InChI=1S/C19H28N4O2/c1-13(2)17(16-9-7-6-8-14(16)3)22-18(24)20-12-19(4,25)15-10-21-23(5)11-15/h6-11,13,17,25H,12H2,1-5H3,(H2,20,22,24)/t17-,19+/m0/s1. The van der Waals surface area contributed by atoms with Gasteiger partial charge in [-0.25, -0.2) is 4.79 Å². The van der Waals surface area contributed by atoms with Gasteiger partial charge >= 0.3 is 6.03 Å². The van der Waals surface area contributed by atoms with Crippen LogP contribution in [-0.2, 0) is 12.6 Å². The van der Waals surface area contributed by atoms with Crippen LogP contribution in [-0.4, -0.2) is 27.5 Å². The van der Waals surface area contributed by atoms with Crippen molar-refractivity contribution in [3.63, 3.8) is 0 Å². The zero-order valence-electron chi connectivity index (χ0n) is 15.6. The van der Waals surface area contributed by atoms with Crippen molar-refractivity contribution in [1.82, 2.24) is 20.4 Å². The molecule has 0 saturated carbocycles. The SMILES string of the molecule is Cc1ccccc1[C@@H](NC(=O)NC[C@@](C)(O)c1cnn(C)c1)C(C)C. The minimum absolute atomic E-state index is 0.0930. The van der Waals surface area contributed by atoms with Crippen molar-refractivity contribution in [2.24, 2.45) is 13.0 Å². The Bertz CT molecular complexity index is 722. The van der Waals surface area contributed by atoms with Crippen LogP contribution in [0.15, 0.2) is 36.7 Å². The Kier molecular flexibility index (Phi) is 5.85. The molecule has 2 atom stereocenters. The van der Waals surface area contributed by atoms with Crippen molar-refractivity contribution >= 4 is 6.03 Å². The molecule has 136 valence electrons. The first-order chi connectivity index (χ1) is 11.7. The van der Waals surface area contributed by atoms with E-state index < -0.39 is 5.60 Å². The van der Waals surface area contributed by atoms with Gasteiger partial charge in [-0.1, -0.05) is 38.1 Å². The van der Waals surface area contributed by atoms with E-state index in [1.807, 2.05) is 31.2 Å². The monoisotopic (exact) mass is 344 g/mol. The Morgan fingerprint density at radius 2 is 2.04 bits per heavy atom. The lowest BCUT2D eigenvalue weighted by Gasteiger charge is -2.27. The number of hydrogen-bond acceptors (Lipinski definition) is 3. The number of carbonyl (C=O) groups excluding carboxylic acids is 1. The maximum Gasteiger partial charge on any atom is 0.315 e. The van der Waals surface area contributed by atoms with Gasteiger partial charge < -0.3 is 15.7 Å². The topological polar surface area (TPSA) is 79.2 Å². The van der Waals surface area contributed by atoms with Gasteiger partial charge in [-0.3, -0.25) is 4.68 Å². The third kappa shape index (κ3) is 4.82. The number of nitrogens with one attached hydrogen (secondary N) is 2. The largest absolute Gasteiger partial charge is 0.383 e. The Labute approximate surface area is 149 Å². The van der Waals surface area contributed by atoms with Crippen LogP contribution in [0.2, 0.25) is 0 Å². The van der Waals surface area contributed by atoms with Gasteiger partial charge in [-0.05, 0) is 30.9 Å². The first kappa shape index (κ1) is 19.0. The number of aromatic nitrogens is 2. The van der Waals surface area contributed by atoms with Crippen molar-refractivity contribution in [2.75, 3.05) is 6.54 Å². The maximum atomic E-state index is 12.4. The minimum Gasteiger partial charge on any atom is -0.383 e. The molecule has 1 aromatic heterocycles. The Morgan fingerprint density at radius 1 is 1.36 bits per heavy atom. The first-order valence-corrected chi connectivity index (χ1v) is 8.52. The molecule has 6 heteroatoms. The number of rotatable bonds is 6. The maximum absolute atomic E-state index is 12.4. The summed E-state index contributed by atoms with van der Waals surface area (Å²) in [5.74, 6) is 0.241. The highest BCUT2D eigenvalue weighted by atomic mass is 16.3. The van der Waals surface area contributed by atoms with E-state index in [1.165, 1.54) is 0 Å². The molecule has 6 nitrogen and oxygen atoms in total. The normalized spacial score (nSPS) is 14.8. The Morgan fingerprint density at radius 3 is 2.60 bits per heavy atom. The predicted octanol–water partition coefficient (Wildman–Crippen LogP) is 2.63. The number of amides is 2. The molecule has 0 bridgehead atoms. The summed E-state index contributed by atoms with van der Waals surface area (Å²) in [4.78, 5) is 12.4. The Balaban J connectivity index is 2.01. The van der Waals surface area contributed by atoms with Crippen LogP contribution in [0, 0.1) is 12.8 Å². The molecule has 2 aromatic rings. The van der Waals surface area contributed by atoms with Gasteiger partial charge in [0.25, 0.3) is 0 Å². The van der Waals surface area contributed by atoms with Crippen molar-refractivity contribution < 1.29 is 9.90 Å². The van der Waals surface area contributed by atoms with Gasteiger partial charge in [-0.15, -0.1) is 0 Å². The number of carbonyl (C=O) groups is 1. The molecule has 0 fully saturated rings. The van der Waals surface area contributed by atoms with E-state index in [9.17, 15) is 9.90 Å². The second-order valence-corrected chi connectivity index (χ2v) is 7.08. The zero-order chi connectivity index (χ0) is 18.6. The molecule has 2 amide bonds. The number of aliphatic hydroxyl groups is 1. The quantitative estimate of drug-likeness (QED) is 0.754. The summed E-state index contributed by atoms with van der Waals surface area (Å²) in [7, 11) is 1.79. The molecule has 1 aromatic carbocycles. The third-order valence-electron chi connectivity index (χ3n) is 4.40. The second-order valence-electron chi connectivity index (χ2n) is 7.08. The number of hydrogen-bond donors (Lipinski definition) is 3. The van der Waals surface area contributed by atoms with Crippen LogP contribution >= 0.6 is 0 Å². The van der Waals surface area contributed by atoms with Crippen molar-refractivity contribution in [3.8, 4) is 0 Å². The fourth-order valence-electron chi connectivity index (χ4n) is 2.79. The lowest BCUT2D eigenvalue weighted by atomic mass is 9.93. The molecular weight excluding hydrogens is 316 g/mol. The molecule has 0 unspecified atom stereocenters. The van der Waals surface area contributed by atoms with Gasteiger partial charge in [0.1, 0.15) is 5.60 Å². The van der Waals surface area contributed by atoms with E-state index in [0.29, 0.717) is 5.56 Å². The van der Waals surface area contributed by atoms with E-state index in [1.54, 1.807) is 31.0 Å². The van der Waals surface area contributed by atoms with Crippen molar-refractivity contribution in [2.45, 2.75) is 39.3 Å². The molecule has 0 radical (unpaired) electrons. The molecule has 1 heterocycles. The molecule has 0 spiro atoms. The molecule has 0 aliphatic heterocycles. The summed E-state index contributed by atoms with van der Waals surface area (Å²) in [5, 5.41) is 20.4. The molecule has 0 aliphatic rings. The van der Waals surface area contributed by atoms with Crippen LogP contribution in [0.5, 0.6) is 0 Å². The second kappa shape index (κ2) is 7.70. The molecule has 2 rings (SSSR count). The summed E-state index contributed by atoms with van der Waals surface area (Å²) in [6.07, 6.45) is 3.34. The summed E-state index contributed by atoms with van der Waals surface area (Å²) in [6.45, 7) is 7.94. The average molecular weight is 344 g/mol. The van der Waals surface area contributed by atoms with Crippen LogP contribution in [0.25, 0.3) is 0 Å². The average Bonchev–Trinajstić information content (AvgIpc) is 2.99. The fraction of sp³-hybridized carbons (Fsp3) is 0.474. The first-order valence-electron chi connectivity index (χ1n) is 8.52. The predicted molar refractivity (Wildman–Crippen MR) is 98.1 cm³/mol. The highest BCUT2D eigenvalue weighted by Crippen LogP contribution is 2.24. The fourth-order valence-corrected chi connectivity index (χ4v) is 2.79. The van der Waals surface area contributed by atoms with Gasteiger partial charge in [-0.2, -0.15) is 5.10 Å². The van der Waals surface area contributed by atoms with E-state index in [4.69, 9.17) is 0 Å². The lowest BCUT2D eigenvalue weighted by molar-refractivity contribution is 0.0591. The molecule has 25 heavy (non-hydrogen) atoms. The number of benzene rings is 1. The van der Waals surface area contributed by atoms with Gasteiger partial charge in [0, 0.05) is 18.8 Å². The van der Waals surface area contributed by atoms with Crippen LogP contribution < -0.4 is 10.6 Å². The van der Waals surface area contributed by atoms with Crippen LogP contribution in [0.1, 0.15) is 43.5 Å². The summed E-state index contributed by atoms with van der Waals surface area (Å²) >= 11 is 0. The third-order valence-corrected chi connectivity index (χ3v) is 4.40. The molecule has 0 saturated heterocycles. The summed E-state index contributed by atoms with van der Waals surface area (Å²) in [6, 6.07) is 7.64. The van der Waals surface area contributed by atoms with Gasteiger partial charge in [0.05, 0.1) is 18.8 Å². The molecule has 3 N–H and O–H groups in total. The van der Waals surface area contributed by atoms with E-state index in [0.717, 1.165) is 11.1 Å². The van der Waals surface area contributed by atoms with E-state index in [2.05, 4.69) is 29.6 Å². The number of urea groups is 1. The highest BCUT2D eigenvalue weighted by Gasteiger charge is 2.26. The summed E-state index contributed by atoms with van der Waals surface area (Å²) < 4.78 is 1.62. The Hall–Kier alpha value is -2.34. The lowest BCUT2D eigenvalue weighted by Crippen LogP contribution is -2.45. The zero-order valence-corrected chi connectivity index (χ0v) is 15.6. The van der Waals surface area contributed by atoms with Crippen LogP contribution in [0.3, 0.4) is 0 Å². The van der Waals surface area contributed by atoms with E-state index >= 15 is 0 Å². The van der Waals surface area contributed by atoms with E-state index in [-0.39, 0.29) is 24.5 Å². The number of aryl methyl sites for hydroxylation is 2. The molecular formula is C19H28N4O2. The van der Waals surface area contributed by atoms with Crippen LogP contribution in [0.4, 0.5) is 4.79 Å². The van der Waals surface area contributed by atoms with Gasteiger partial charge in [0.2, 0.25) is 0 Å². The highest BCUT2D eigenvalue weighted by molar-refractivity contribution is 5.74. The minimum atomic E-state index is -1.18. The van der Waals surface area contributed by atoms with Crippen molar-refractivity contribution in [3.05, 3.63) is 53.3 Å². The summed E-state index contributed by atoms with van der Waals surface area (Å²) in [5.41, 5.74) is 1.73. The number of nitrogens with zero attached hydrogens (tertiary/aromatic N) is 2. The van der Waals surface area contributed by atoms with Gasteiger partial charge in [0.15, 0.2) is 0 Å². The molecule has 0 aliphatic carbocycles. The van der Waals surface area contributed by atoms with Crippen molar-refractivity contribution in [1.29, 1.82) is 0 Å². The smallest absolute Gasteiger partial charge is 0.315 e.